The Hall–Kier alpha value is -1.58. The van der Waals surface area contributed by atoms with Crippen LogP contribution in [0.3, 0.4) is 0 Å². The Labute approximate surface area is 156 Å². The van der Waals surface area contributed by atoms with E-state index in [0.29, 0.717) is 6.61 Å². The van der Waals surface area contributed by atoms with Gasteiger partial charge in [0, 0.05) is 11.4 Å². The maximum Gasteiger partial charge on any atom is 0.192 e. The van der Waals surface area contributed by atoms with Crippen LogP contribution in [0.25, 0.3) is 0 Å². The Bertz CT molecular complexity index is 608. The highest BCUT2D eigenvalue weighted by Gasteiger charge is 2.37. The summed E-state index contributed by atoms with van der Waals surface area (Å²) < 4.78 is 6.46. The van der Waals surface area contributed by atoms with Gasteiger partial charge in [0.1, 0.15) is 0 Å². The molecular weight excluding hydrogens is 322 g/mol. The number of aryl methyl sites for hydroxylation is 1. The molecule has 0 fully saturated rings. The molecule has 1 rings (SSSR count). The number of nitrogens with zero attached hydrogens (tertiary/aromatic N) is 1. The van der Waals surface area contributed by atoms with Crippen molar-refractivity contribution in [1.29, 1.82) is 0 Å². The molecule has 0 heterocycles. The van der Waals surface area contributed by atoms with Crippen LogP contribution in [-0.2, 0) is 4.43 Å². The predicted molar refractivity (Wildman–Crippen MR) is 115 cm³/mol. The molecule has 1 aromatic carbocycles. The number of hydrogen-bond acceptors (Lipinski definition) is 2. The van der Waals surface area contributed by atoms with Crippen LogP contribution in [0.4, 0.5) is 5.69 Å². The van der Waals surface area contributed by atoms with Crippen LogP contribution in [0.5, 0.6) is 0 Å². The average Bonchev–Trinajstić information content (AvgIpc) is 2.53. The predicted octanol–water partition coefficient (Wildman–Crippen LogP) is 6.47. The number of allylic oxidation sites excluding steroid dienone is 3. The summed E-state index contributed by atoms with van der Waals surface area (Å²) in [5.74, 6) is 0. The van der Waals surface area contributed by atoms with Crippen LogP contribution in [-0.4, -0.2) is 21.0 Å². The van der Waals surface area contributed by atoms with E-state index in [-0.39, 0.29) is 11.1 Å². The first-order valence-electron chi connectivity index (χ1n) is 8.98. The molecule has 0 amide bonds. The molecule has 0 saturated carbocycles. The van der Waals surface area contributed by atoms with Crippen molar-refractivity contribution in [3.05, 3.63) is 66.9 Å². The Morgan fingerprint density at radius 1 is 1.20 bits per heavy atom. The summed E-state index contributed by atoms with van der Waals surface area (Å²) in [6, 6.07) is 8.77. The molecule has 0 radical (unpaired) electrons. The molecule has 0 aliphatic rings. The van der Waals surface area contributed by atoms with E-state index in [1.807, 2.05) is 12.2 Å². The molecule has 2 nitrogen and oxygen atoms in total. The maximum atomic E-state index is 6.46. The van der Waals surface area contributed by atoms with Crippen LogP contribution < -0.4 is 4.90 Å². The second kappa shape index (κ2) is 8.68. The maximum absolute atomic E-state index is 6.46. The molecular formula is C22H35NOSi. The molecule has 0 aliphatic carbocycles. The summed E-state index contributed by atoms with van der Waals surface area (Å²) in [5, 5.41) is 0.208. The minimum absolute atomic E-state index is 0.195. The third-order valence-electron chi connectivity index (χ3n) is 5.02. The van der Waals surface area contributed by atoms with E-state index in [0.717, 1.165) is 11.4 Å². The van der Waals surface area contributed by atoms with Crippen molar-refractivity contribution in [3.63, 3.8) is 0 Å². The second-order valence-electron chi connectivity index (χ2n) is 8.16. The van der Waals surface area contributed by atoms with Gasteiger partial charge >= 0.3 is 0 Å². The lowest BCUT2D eigenvalue weighted by Crippen LogP contribution is -2.45. The SMILES string of the molecule is C=C/C=C(\C=C)N(c1ccc(C)cc1)C(C)CO[Si](C)(C)C(C)(C)C. The fourth-order valence-corrected chi connectivity index (χ4v) is 3.44. The highest BCUT2D eigenvalue weighted by atomic mass is 28.4. The summed E-state index contributed by atoms with van der Waals surface area (Å²) in [6.07, 6.45) is 5.68. The topological polar surface area (TPSA) is 12.5 Å². The summed E-state index contributed by atoms with van der Waals surface area (Å²) in [7, 11) is -1.78. The number of anilines is 1. The molecule has 0 spiro atoms. The first-order chi connectivity index (χ1) is 11.5. The van der Waals surface area contributed by atoms with Crippen molar-refractivity contribution in [3.8, 4) is 0 Å². The van der Waals surface area contributed by atoms with Gasteiger partial charge in [-0.3, -0.25) is 0 Å². The first kappa shape index (κ1) is 21.5. The van der Waals surface area contributed by atoms with Gasteiger partial charge in [0.2, 0.25) is 0 Å². The quantitative estimate of drug-likeness (QED) is 0.390. The number of benzene rings is 1. The van der Waals surface area contributed by atoms with Gasteiger partial charge in [0.05, 0.1) is 12.6 Å². The van der Waals surface area contributed by atoms with E-state index < -0.39 is 8.32 Å². The fraction of sp³-hybridized carbons (Fsp3) is 0.455. The lowest BCUT2D eigenvalue weighted by molar-refractivity contribution is 0.267. The Morgan fingerprint density at radius 2 is 1.76 bits per heavy atom. The minimum atomic E-state index is -1.78. The summed E-state index contributed by atoms with van der Waals surface area (Å²) in [4.78, 5) is 2.28. The average molecular weight is 358 g/mol. The fourth-order valence-electron chi connectivity index (χ4n) is 2.35. The van der Waals surface area contributed by atoms with Gasteiger partial charge in [-0.25, -0.2) is 0 Å². The van der Waals surface area contributed by atoms with Gasteiger partial charge in [-0.1, -0.05) is 57.7 Å². The molecule has 0 aliphatic heterocycles. The van der Waals surface area contributed by atoms with Crippen molar-refractivity contribution in [1.82, 2.24) is 0 Å². The van der Waals surface area contributed by atoms with Crippen molar-refractivity contribution < 1.29 is 4.43 Å². The zero-order valence-electron chi connectivity index (χ0n) is 17.1. The van der Waals surface area contributed by atoms with E-state index in [2.05, 4.69) is 90.0 Å². The van der Waals surface area contributed by atoms with Gasteiger partial charge in [-0.05, 0) is 56.3 Å². The Balaban J connectivity index is 3.11. The molecule has 3 heteroatoms. The third kappa shape index (κ3) is 5.72. The highest BCUT2D eigenvalue weighted by Crippen LogP contribution is 2.37. The van der Waals surface area contributed by atoms with E-state index in [9.17, 15) is 0 Å². The lowest BCUT2D eigenvalue weighted by Gasteiger charge is -2.39. The smallest absolute Gasteiger partial charge is 0.192 e. The van der Waals surface area contributed by atoms with Gasteiger partial charge in [-0.15, -0.1) is 0 Å². The van der Waals surface area contributed by atoms with Crippen LogP contribution in [0.2, 0.25) is 18.1 Å². The molecule has 0 saturated heterocycles. The van der Waals surface area contributed by atoms with Crippen molar-refractivity contribution in [2.45, 2.75) is 58.8 Å². The minimum Gasteiger partial charge on any atom is -0.415 e. The van der Waals surface area contributed by atoms with Crippen LogP contribution in [0.1, 0.15) is 33.3 Å². The van der Waals surface area contributed by atoms with Gasteiger partial charge in [-0.2, -0.15) is 0 Å². The lowest BCUT2D eigenvalue weighted by atomic mass is 10.1. The summed E-state index contributed by atoms with van der Waals surface area (Å²) in [5.41, 5.74) is 3.43. The van der Waals surface area contributed by atoms with Crippen LogP contribution in [0, 0.1) is 6.92 Å². The third-order valence-corrected chi connectivity index (χ3v) is 9.52. The molecule has 0 N–H and O–H groups in total. The number of rotatable bonds is 8. The Kier molecular flexibility index (Phi) is 7.45. The van der Waals surface area contributed by atoms with Gasteiger partial charge in [0.25, 0.3) is 0 Å². The van der Waals surface area contributed by atoms with E-state index >= 15 is 0 Å². The first-order valence-corrected chi connectivity index (χ1v) is 11.9. The molecule has 0 aromatic heterocycles. The van der Waals surface area contributed by atoms with Crippen molar-refractivity contribution in [2.75, 3.05) is 11.5 Å². The van der Waals surface area contributed by atoms with Crippen molar-refractivity contribution in [2.24, 2.45) is 0 Å². The monoisotopic (exact) mass is 357 g/mol. The number of hydrogen-bond donors (Lipinski definition) is 0. The standard InChI is InChI=1S/C22H35NOSi/c1-10-12-20(11-2)23(21-15-13-18(3)14-16-21)19(4)17-24-25(8,9)22(5,6)7/h10-16,19H,1-2,17H2,3-9H3/b20-12+. The van der Waals surface area contributed by atoms with Gasteiger partial charge < -0.3 is 9.33 Å². The normalized spacial score (nSPS) is 14.1. The van der Waals surface area contributed by atoms with Crippen LogP contribution >= 0.6 is 0 Å². The molecule has 1 aromatic rings. The summed E-state index contributed by atoms with van der Waals surface area (Å²) >= 11 is 0. The zero-order valence-corrected chi connectivity index (χ0v) is 18.1. The van der Waals surface area contributed by atoms with Gasteiger partial charge in [0.15, 0.2) is 8.32 Å². The van der Waals surface area contributed by atoms with Crippen LogP contribution in [0.15, 0.2) is 61.3 Å². The molecule has 25 heavy (non-hydrogen) atoms. The largest absolute Gasteiger partial charge is 0.415 e. The van der Waals surface area contributed by atoms with Crippen molar-refractivity contribution >= 4 is 14.0 Å². The molecule has 1 atom stereocenters. The van der Waals surface area contributed by atoms with E-state index in [1.165, 1.54) is 5.56 Å². The summed E-state index contributed by atoms with van der Waals surface area (Å²) in [6.45, 7) is 24.2. The van der Waals surface area contributed by atoms with E-state index in [1.54, 1.807) is 6.08 Å². The molecule has 138 valence electrons. The molecule has 0 bridgehead atoms. The Morgan fingerprint density at radius 3 is 2.20 bits per heavy atom. The van der Waals surface area contributed by atoms with E-state index in [4.69, 9.17) is 4.43 Å². The molecule has 1 unspecified atom stereocenters. The highest BCUT2D eigenvalue weighted by molar-refractivity contribution is 6.74. The second-order valence-corrected chi connectivity index (χ2v) is 13.0. The zero-order chi connectivity index (χ0) is 19.3.